The smallest absolute Gasteiger partial charge is 0.188 e. The molecular formula is C17H30IN3O2. The van der Waals surface area contributed by atoms with Gasteiger partial charge in [0.15, 0.2) is 17.5 Å². The van der Waals surface area contributed by atoms with Crippen molar-refractivity contribution < 1.29 is 9.47 Å². The van der Waals surface area contributed by atoms with Crippen LogP contribution in [0.2, 0.25) is 0 Å². The second-order valence-corrected chi connectivity index (χ2v) is 4.94. The van der Waals surface area contributed by atoms with E-state index in [1.165, 1.54) is 5.56 Å². The minimum absolute atomic E-state index is 0. The summed E-state index contributed by atoms with van der Waals surface area (Å²) in [5.74, 6) is 2.11. The average molecular weight is 435 g/mol. The number of ether oxygens (including phenoxy) is 2. The maximum atomic E-state index is 5.81. The van der Waals surface area contributed by atoms with Gasteiger partial charge in [-0.15, -0.1) is 24.0 Å². The molecule has 0 spiro atoms. The zero-order chi connectivity index (χ0) is 16.2. The summed E-state index contributed by atoms with van der Waals surface area (Å²) in [6.07, 6.45) is 3.05. The van der Waals surface area contributed by atoms with Gasteiger partial charge in [0.2, 0.25) is 0 Å². The Morgan fingerprint density at radius 2 is 1.83 bits per heavy atom. The van der Waals surface area contributed by atoms with Gasteiger partial charge in [0.25, 0.3) is 0 Å². The predicted molar refractivity (Wildman–Crippen MR) is 107 cm³/mol. The second-order valence-electron chi connectivity index (χ2n) is 4.94. The number of benzene rings is 1. The summed E-state index contributed by atoms with van der Waals surface area (Å²) >= 11 is 0. The van der Waals surface area contributed by atoms with Gasteiger partial charge >= 0.3 is 0 Å². The van der Waals surface area contributed by atoms with Crippen LogP contribution in [0.3, 0.4) is 0 Å². The van der Waals surface area contributed by atoms with Gasteiger partial charge in [0.05, 0.1) is 13.2 Å². The number of guanidine groups is 1. The molecule has 5 nitrogen and oxygen atoms in total. The van der Waals surface area contributed by atoms with Crippen LogP contribution in [0.15, 0.2) is 23.2 Å². The fourth-order valence-corrected chi connectivity index (χ4v) is 2.00. The van der Waals surface area contributed by atoms with Gasteiger partial charge in [-0.05, 0) is 44.4 Å². The van der Waals surface area contributed by atoms with E-state index in [0.717, 1.165) is 43.9 Å². The van der Waals surface area contributed by atoms with Crippen molar-refractivity contribution in [3.63, 3.8) is 0 Å². The molecule has 23 heavy (non-hydrogen) atoms. The molecular weight excluding hydrogens is 405 g/mol. The second kappa shape index (κ2) is 13.3. The maximum Gasteiger partial charge on any atom is 0.188 e. The number of aliphatic imine (C=N–C) groups is 1. The molecule has 0 atom stereocenters. The Hall–Kier alpha value is -1.18. The molecule has 0 fully saturated rings. The van der Waals surface area contributed by atoms with Gasteiger partial charge in [-0.2, -0.15) is 0 Å². The number of unbranched alkanes of at least 4 members (excludes halogenated alkanes) is 1. The highest BCUT2D eigenvalue weighted by molar-refractivity contribution is 14.0. The number of nitrogens with zero attached hydrogens (tertiary/aromatic N) is 1. The van der Waals surface area contributed by atoms with Crippen LogP contribution in [0.1, 0.15) is 39.2 Å². The van der Waals surface area contributed by atoms with Crippen LogP contribution in [-0.2, 0) is 6.42 Å². The Bertz CT molecular complexity index is 467. The van der Waals surface area contributed by atoms with Crippen molar-refractivity contribution in [2.45, 2.75) is 40.0 Å². The van der Waals surface area contributed by atoms with Crippen molar-refractivity contribution in [1.82, 2.24) is 5.32 Å². The largest absolute Gasteiger partial charge is 0.490 e. The predicted octanol–water partition coefficient (Wildman–Crippen LogP) is 3.35. The van der Waals surface area contributed by atoms with Crippen molar-refractivity contribution in [1.29, 1.82) is 0 Å². The van der Waals surface area contributed by atoms with Crippen LogP contribution in [0.5, 0.6) is 11.5 Å². The van der Waals surface area contributed by atoms with Crippen LogP contribution in [-0.4, -0.2) is 32.3 Å². The quantitative estimate of drug-likeness (QED) is 0.256. The Morgan fingerprint density at radius 3 is 2.48 bits per heavy atom. The molecule has 6 heteroatoms. The number of hydrogen-bond donors (Lipinski definition) is 2. The molecule has 0 aliphatic carbocycles. The molecule has 0 aromatic heterocycles. The van der Waals surface area contributed by atoms with E-state index in [1.54, 1.807) is 0 Å². The summed E-state index contributed by atoms with van der Waals surface area (Å²) in [6, 6.07) is 6.04. The minimum Gasteiger partial charge on any atom is -0.490 e. The third-order valence-electron chi connectivity index (χ3n) is 3.12. The van der Waals surface area contributed by atoms with Crippen LogP contribution in [0, 0.1) is 0 Å². The van der Waals surface area contributed by atoms with Crippen LogP contribution < -0.4 is 20.5 Å². The van der Waals surface area contributed by atoms with E-state index in [-0.39, 0.29) is 24.0 Å². The molecule has 1 rings (SSSR count). The third-order valence-corrected chi connectivity index (χ3v) is 3.12. The van der Waals surface area contributed by atoms with E-state index in [0.29, 0.717) is 19.2 Å². The molecule has 0 bridgehead atoms. The topological polar surface area (TPSA) is 68.9 Å². The highest BCUT2D eigenvalue weighted by Gasteiger charge is 2.06. The summed E-state index contributed by atoms with van der Waals surface area (Å²) < 4.78 is 11.2. The van der Waals surface area contributed by atoms with Gasteiger partial charge in [-0.1, -0.05) is 19.4 Å². The van der Waals surface area contributed by atoms with Crippen molar-refractivity contribution in [3.8, 4) is 11.5 Å². The van der Waals surface area contributed by atoms with E-state index in [4.69, 9.17) is 15.2 Å². The number of hydrogen-bond acceptors (Lipinski definition) is 3. The Balaban J connectivity index is 0.00000484. The van der Waals surface area contributed by atoms with Gasteiger partial charge in [0, 0.05) is 13.1 Å². The third kappa shape index (κ3) is 8.88. The lowest BCUT2D eigenvalue weighted by atomic mass is 10.1. The molecule has 0 heterocycles. The zero-order valence-electron chi connectivity index (χ0n) is 14.4. The number of rotatable bonds is 10. The van der Waals surface area contributed by atoms with E-state index in [2.05, 4.69) is 23.3 Å². The molecule has 132 valence electrons. The van der Waals surface area contributed by atoms with Crippen molar-refractivity contribution in [2.24, 2.45) is 10.7 Å². The Kier molecular flexibility index (Phi) is 12.6. The normalized spacial score (nSPS) is 10.8. The summed E-state index contributed by atoms with van der Waals surface area (Å²) in [4.78, 5) is 4.27. The Morgan fingerprint density at radius 1 is 1.13 bits per heavy atom. The van der Waals surface area contributed by atoms with Crippen LogP contribution in [0.4, 0.5) is 0 Å². The average Bonchev–Trinajstić information content (AvgIpc) is 2.50. The first-order valence-corrected chi connectivity index (χ1v) is 8.13. The standard InChI is InChI=1S/C17H29N3O2.HI/c1-4-7-11-19-17(18)20-12-10-14-8-9-15(21-5-2)16(13-14)22-6-3;/h8-9,13H,4-7,10-12H2,1-3H3,(H3,18,19,20);1H. The van der Waals surface area contributed by atoms with E-state index >= 15 is 0 Å². The molecule has 1 aromatic carbocycles. The zero-order valence-corrected chi connectivity index (χ0v) is 16.8. The van der Waals surface area contributed by atoms with E-state index in [1.807, 2.05) is 26.0 Å². The monoisotopic (exact) mass is 435 g/mol. The van der Waals surface area contributed by atoms with Gasteiger partial charge in [-0.3, -0.25) is 4.99 Å². The van der Waals surface area contributed by atoms with E-state index < -0.39 is 0 Å². The van der Waals surface area contributed by atoms with Crippen molar-refractivity contribution >= 4 is 29.9 Å². The number of halogens is 1. The Labute approximate surface area is 157 Å². The van der Waals surface area contributed by atoms with E-state index in [9.17, 15) is 0 Å². The minimum atomic E-state index is 0. The van der Waals surface area contributed by atoms with Gasteiger partial charge in [-0.25, -0.2) is 0 Å². The van der Waals surface area contributed by atoms with Gasteiger partial charge in [0.1, 0.15) is 0 Å². The molecule has 1 aromatic rings. The number of nitrogens with one attached hydrogen (secondary N) is 1. The molecule has 0 aliphatic heterocycles. The molecule has 0 amide bonds. The lowest BCUT2D eigenvalue weighted by Crippen LogP contribution is -2.33. The molecule has 0 saturated carbocycles. The van der Waals surface area contributed by atoms with Crippen molar-refractivity contribution in [3.05, 3.63) is 23.8 Å². The van der Waals surface area contributed by atoms with Crippen LogP contribution >= 0.6 is 24.0 Å². The summed E-state index contributed by atoms with van der Waals surface area (Å²) in [5.41, 5.74) is 7.00. The molecule has 3 N–H and O–H groups in total. The first-order chi connectivity index (χ1) is 10.7. The highest BCUT2D eigenvalue weighted by atomic mass is 127. The molecule has 0 saturated heterocycles. The van der Waals surface area contributed by atoms with Crippen LogP contribution in [0.25, 0.3) is 0 Å². The molecule has 0 unspecified atom stereocenters. The lowest BCUT2D eigenvalue weighted by molar-refractivity contribution is 0.287. The summed E-state index contributed by atoms with van der Waals surface area (Å²) in [5, 5.41) is 3.14. The number of nitrogens with two attached hydrogens (primary N) is 1. The van der Waals surface area contributed by atoms with Crippen molar-refractivity contribution in [2.75, 3.05) is 26.3 Å². The molecule has 0 aliphatic rings. The first-order valence-electron chi connectivity index (χ1n) is 8.13. The maximum absolute atomic E-state index is 5.81. The lowest BCUT2D eigenvalue weighted by Gasteiger charge is -2.12. The highest BCUT2D eigenvalue weighted by Crippen LogP contribution is 2.28. The van der Waals surface area contributed by atoms with Gasteiger partial charge < -0.3 is 20.5 Å². The molecule has 0 radical (unpaired) electrons. The fourth-order valence-electron chi connectivity index (χ4n) is 2.00. The SMILES string of the molecule is CCCCN=C(N)NCCc1ccc(OCC)c(OCC)c1.I. The summed E-state index contributed by atoms with van der Waals surface area (Å²) in [7, 11) is 0. The first kappa shape index (κ1) is 21.8. The summed E-state index contributed by atoms with van der Waals surface area (Å²) in [6.45, 7) is 8.87. The fraction of sp³-hybridized carbons (Fsp3) is 0.588.